The summed E-state index contributed by atoms with van der Waals surface area (Å²) < 4.78 is 6.47. The third-order valence-electron chi connectivity index (χ3n) is 2.77. The van der Waals surface area contributed by atoms with Gasteiger partial charge in [0.2, 0.25) is 0 Å². The predicted octanol–water partition coefficient (Wildman–Crippen LogP) is 3.24. The van der Waals surface area contributed by atoms with Gasteiger partial charge in [-0.1, -0.05) is 6.07 Å². The number of fused-ring (bicyclic) bond motifs is 1. The number of hydrogen-bond donors (Lipinski definition) is 1. The first-order valence-electron chi connectivity index (χ1n) is 5.64. The molecular weight excluding hydrogens is 298 g/mol. The lowest BCUT2D eigenvalue weighted by atomic mass is 10.2. The number of aromatic carboxylic acids is 1. The van der Waals surface area contributed by atoms with Crippen molar-refractivity contribution in [3.05, 3.63) is 34.4 Å². The summed E-state index contributed by atoms with van der Waals surface area (Å²) in [5.41, 5.74) is 0.678. The first-order chi connectivity index (χ1) is 8.63. The molecule has 1 fully saturated rings. The summed E-state index contributed by atoms with van der Waals surface area (Å²) in [6.45, 7) is 0. The molecule has 1 N–H and O–H groups in total. The molecule has 3 rings (SSSR count). The van der Waals surface area contributed by atoms with Gasteiger partial charge in [0.25, 0.3) is 0 Å². The van der Waals surface area contributed by atoms with Crippen molar-refractivity contribution < 1.29 is 14.6 Å². The van der Waals surface area contributed by atoms with E-state index in [1.807, 2.05) is 12.1 Å². The van der Waals surface area contributed by atoms with Gasteiger partial charge in [-0.3, -0.25) is 0 Å². The Labute approximate surface area is 112 Å². The number of rotatable bonds is 3. The Balaban J connectivity index is 2.07. The Morgan fingerprint density at radius 3 is 2.83 bits per heavy atom. The maximum absolute atomic E-state index is 10.9. The second-order valence-corrected chi connectivity index (χ2v) is 5.15. The molecule has 1 aliphatic rings. The summed E-state index contributed by atoms with van der Waals surface area (Å²) in [6.07, 6.45) is 2.54. The van der Waals surface area contributed by atoms with Gasteiger partial charge < -0.3 is 9.84 Å². The van der Waals surface area contributed by atoms with Crippen LogP contribution in [0.3, 0.4) is 0 Å². The van der Waals surface area contributed by atoms with E-state index in [0.29, 0.717) is 11.6 Å². The van der Waals surface area contributed by atoms with Crippen LogP contribution in [0, 0.1) is 0 Å². The van der Waals surface area contributed by atoms with Crippen molar-refractivity contribution in [1.82, 2.24) is 4.98 Å². The van der Waals surface area contributed by atoms with Crippen molar-refractivity contribution in [2.45, 2.75) is 18.9 Å². The summed E-state index contributed by atoms with van der Waals surface area (Å²) in [6, 6.07) is 6.96. The van der Waals surface area contributed by atoms with E-state index < -0.39 is 5.97 Å². The van der Waals surface area contributed by atoms with Crippen LogP contribution in [0.2, 0.25) is 0 Å². The number of nitrogens with zero attached hydrogens (tertiary/aromatic N) is 1. The predicted molar refractivity (Wildman–Crippen MR) is 70.1 cm³/mol. The van der Waals surface area contributed by atoms with E-state index in [1.54, 1.807) is 6.07 Å². The number of benzene rings is 1. The normalized spacial score (nSPS) is 14.7. The molecule has 1 aromatic heterocycles. The lowest BCUT2D eigenvalue weighted by Gasteiger charge is -2.07. The van der Waals surface area contributed by atoms with Crippen molar-refractivity contribution in [1.29, 1.82) is 0 Å². The Bertz CT molecular complexity index is 637. The number of ether oxygens (including phenoxy) is 1. The Morgan fingerprint density at radius 2 is 2.17 bits per heavy atom. The summed E-state index contributed by atoms with van der Waals surface area (Å²) in [5.74, 6) is -0.233. The average Bonchev–Trinajstić information content (AvgIpc) is 3.12. The topological polar surface area (TPSA) is 59.4 Å². The number of carbonyl (C=O) groups is 1. The molecule has 92 valence electrons. The second-order valence-electron chi connectivity index (χ2n) is 4.30. The molecule has 0 radical (unpaired) electrons. The van der Waals surface area contributed by atoms with Crippen LogP contribution in [-0.4, -0.2) is 22.2 Å². The fourth-order valence-corrected chi connectivity index (χ4v) is 2.27. The van der Waals surface area contributed by atoms with Crippen molar-refractivity contribution in [2.24, 2.45) is 0 Å². The molecule has 0 atom stereocenters. The van der Waals surface area contributed by atoms with Gasteiger partial charge in [-0.05, 0) is 47.0 Å². The van der Waals surface area contributed by atoms with E-state index in [4.69, 9.17) is 9.84 Å². The summed E-state index contributed by atoms with van der Waals surface area (Å²) in [7, 11) is 0. The van der Waals surface area contributed by atoms with Crippen molar-refractivity contribution in [2.75, 3.05) is 0 Å². The highest BCUT2D eigenvalue weighted by molar-refractivity contribution is 9.10. The number of aromatic nitrogens is 1. The molecule has 0 amide bonds. The van der Waals surface area contributed by atoms with Crippen molar-refractivity contribution in [3.8, 4) is 5.75 Å². The van der Waals surface area contributed by atoms with Crippen LogP contribution in [0.1, 0.15) is 23.3 Å². The smallest absolute Gasteiger partial charge is 0.354 e. The summed E-state index contributed by atoms with van der Waals surface area (Å²) in [4.78, 5) is 15.0. The number of carboxylic acids is 1. The maximum atomic E-state index is 10.9. The van der Waals surface area contributed by atoms with Gasteiger partial charge in [0.15, 0.2) is 0 Å². The Hall–Kier alpha value is -1.62. The monoisotopic (exact) mass is 307 g/mol. The van der Waals surface area contributed by atoms with Crippen LogP contribution in [-0.2, 0) is 0 Å². The Morgan fingerprint density at radius 1 is 1.39 bits per heavy atom. The molecule has 0 spiro atoms. The minimum absolute atomic E-state index is 0.0408. The zero-order valence-electron chi connectivity index (χ0n) is 9.39. The minimum Gasteiger partial charge on any atom is -0.490 e. The Kier molecular flexibility index (Phi) is 2.70. The highest BCUT2D eigenvalue weighted by Gasteiger charge is 2.23. The molecule has 4 nitrogen and oxygen atoms in total. The third-order valence-corrected chi connectivity index (χ3v) is 3.37. The SMILES string of the molecule is O=C(O)c1ccc2cc(OC3CC3)cc(Br)c2n1. The largest absolute Gasteiger partial charge is 0.490 e. The first-order valence-corrected chi connectivity index (χ1v) is 6.43. The highest BCUT2D eigenvalue weighted by Crippen LogP contribution is 2.32. The van der Waals surface area contributed by atoms with Gasteiger partial charge in [-0.2, -0.15) is 0 Å². The van der Waals surface area contributed by atoms with Crippen LogP contribution in [0.5, 0.6) is 5.75 Å². The highest BCUT2D eigenvalue weighted by atomic mass is 79.9. The van der Waals surface area contributed by atoms with Crippen LogP contribution in [0.4, 0.5) is 0 Å². The van der Waals surface area contributed by atoms with E-state index in [1.165, 1.54) is 6.07 Å². The molecule has 5 heteroatoms. The summed E-state index contributed by atoms with van der Waals surface area (Å²) >= 11 is 3.41. The second kappa shape index (κ2) is 4.24. The molecule has 0 saturated heterocycles. The van der Waals surface area contributed by atoms with E-state index >= 15 is 0 Å². The number of halogens is 1. The molecule has 1 aromatic carbocycles. The molecular formula is C13H10BrNO3. The first kappa shape index (κ1) is 11.5. The molecule has 2 aromatic rings. The van der Waals surface area contributed by atoms with Gasteiger partial charge in [-0.25, -0.2) is 9.78 Å². The van der Waals surface area contributed by atoms with E-state index in [9.17, 15) is 4.79 Å². The van der Waals surface area contributed by atoms with E-state index in [-0.39, 0.29) is 5.69 Å². The number of hydrogen-bond acceptors (Lipinski definition) is 3. The van der Waals surface area contributed by atoms with Crippen LogP contribution in [0.25, 0.3) is 10.9 Å². The number of pyridine rings is 1. The molecule has 1 heterocycles. The van der Waals surface area contributed by atoms with Gasteiger partial charge in [-0.15, -0.1) is 0 Å². The molecule has 1 saturated carbocycles. The van der Waals surface area contributed by atoms with Gasteiger partial charge in [0.05, 0.1) is 11.6 Å². The fraction of sp³-hybridized carbons (Fsp3) is 0.231. The lowest BCUT2D eigenvalue weighted by Crippen LogP contribution is -2.01. The minimum atomic E-state index is -1.03. The van der Waals surface area contributed by atoms with Gasteiger partial charge in [0, 0.05) is 9.86 Å². The quantitative estimate of drug-likeness (QED) is 0.945. The van der Waals surface area contributed by atoms with Crippen molar-refractivity contribution in [3.63, 3.8) is 0 Å². The fourth-order valence-electron chi connectivity index (χ4n) is 1.73. The maximum Gasteiger partial charge on any atom is 0.354 e. The molecule has 1 aliphatic carbocycles. The molecule has 0 aliphatic heterocycles. The standard InChI is InChI=1S/C13H10BrNO3/c14-10-6-9(18-8-2-3-8)5-7-1-4-11(13(16)17)15-12(7)10/h1,4-6,8H,2-3H2,(H,16,17). The van der Waals surface area contributed by atoms with E-state index in [2.05, 4.69) is 20.9 Å². The zero-order valence-corrected chi connectivity index (χ0v) is 11.0. The van der Waals surface area contributed by atoms with Crippen molar-refractivity contribution >= 4 is 32.8 Å². The average molecular weight is 308 g/mol. The molecule has 0 unspecified atom stereocenters. The number of carboxylic acid groups (broad SMARTS) is 1. The van der Waals surface area contributed by atoms with Crippen LogP contribution < -0.4 is 4.74 Å². The van der Waals surface area contributed by atoms with Crippen LogP contribution in [0.15, 0.2) is 28.7 Å². The van der Waals surface area contributed by atoms with E-state index in [0.717, 1.165) is 28.5 Å². The molecule has 0 bridgehead atoms. The zero-order chi connectivity index (χ0) is 12.7. The lowest BCUT2D eigenvalue weighted by molar-refractivity contribution is 0.0691. The molecule has 18 heavy (non-hydrogen) atoms. The van der Waals surface area contributed by atoms with Crippen LogP contribution >= 0.6 is 15.9 Å². The van der Waals surface area contributed by atoms with Gasteiger partial charge in [0.1, 0.15) is 11.4 Å². The third kappa shape index (κ3) is 2.18. The summed E-state index contributed by atoms with van der Waals surface area (Å²) in [5, 5.41) is 9.78. The van der Waals surface area contributed by atoms with Gasteiger partial charge >= 0.3 is 5.97 Å².